The van der Waals surface area contributed by atoms with Gasteiger partial charge in [-0.2, -0.15) is 0 Å². The van der Waals surface area contributed by atoms with Gasteiger partial charge >= 0.3 is 6.03 Å². The average molecular weight is 251 g/mol. The molecule has 3 amide bonds. The minimum Gasteiger partial charge on any atom is -0.340 e. The third-order valence-electron chi connectivity index (χ3n) is 2.52. The molecule has 5 nitrogen and oxygen atoms in total. The highest BCUT2D eigenvalue weighted by molar-refractivity contribution is 8.00. The van der Waals surface area contributed by atoms with Crippen molar-refractivity contribution >= 4 is 29.4 Å². The summed E-state index contributed by atoms with van der Waals surface area (Å²) < 4.78 is 0. The molecule has 0 unspecified atom stereocenters. The van der Waals surface area contributed by atoms with Crippen molar-refractivity contribution in [3.05, 3.63) is 23.8 Å². The van der Waals surface area contributed by atoms with Crippen LogP contribution < -0.4 is 16.0 Å². The minimum absolute atomic E-state index is 0.212. The lowest BCUT2D eigenvalue weighted by atomic mass is 10.2. The van der Waals surface area contributed by atoms with Crippen molar-refractivity contribution in [2.24, 2.45) is 5.73 Å². The van der Waals surface area contributed by atoms with Crippen LogP contribution in [-0.4, -0.2) is 24.7 Å². The number of anilines is 1. The van der Waals surface area contributed by atoms with E-state index in [2.05, 4.69) is 5.32 Å². The Kier molecular flexibility index (Phi) is 3.35. The lowest BCUT2D eigenvalue weighted by Crippen LogP contribution is -2.45. The number of hydrogen-bond donors (Lipinski definition) is 2. The molecule has 2 rings (SSSR count). The van der Waals surface area contributed by atoms with E-state index < -0.39 is 6.03 Å². The van der Waals surface area contributed by atoms with E-state index >= 15 is 0 Å². The number of hydrogen-bond acceptors (Lipinski definition) is 4. The Balaban J connectivity index is 2.48. The predicted molar refractivity (Wildman–Crippen MR) is 67.0 cm³/mol. The van der Waals surface area contributed by atoms with E-state index in [1.807, 2.05) is 12.1 Å². The maximum Gasteiger partial charge on any atom is 0.328 e. The van der Waals surface area contributed by atoms with Gasteiger partial charge in [-0.25, -0.2) is 9.69 Å². The number of carbonyl (C=O) groups is 2. The number of nitrogens with two attached hydrogens (primary N) is 1. The van der Waals surface area contributed by atoms with Crippen molar-refractivity contribution < 1.29 is 9.59 Å². The summed E-state index contributed by atoms with van der Waals surface area (Å²) in [6, 6.07) is 5.17. The summed E-state index contributed by atoms with van der Waals surface area (Å²) in [4.78, 5) is 25.6. The molecule has 1 aromatic rings. The van der Waals surface area contributed by atoms with E-state index in [0.717, 1.165) is 10.5 Å². The minimum atomic E-state index is -0.411. The Morgan fingerprint density at radius 1 is 1.59 bits per heavy atom. The van der Waals surface area contributed by atoms with Crippen LogP contribution >= 0.6 is 11.8 Å². The first-order valence-electron chi connectivity index (χ1n) is 5.18. The fourth-order valence-corrected chi connectivity index (χ4v) is 2.53. The average Bonchev–Trinajstić information content (AvgIpc) is 2.37. The van der Waals surface area contributed by atoms with Crippen LogP contribution in [0.2, 0.25) is 0 Å². The highest BCUT2D eigenvalue weighted by Crippen LogP contribution is 2.35. The van der Waals surface area contributed by atoms with Gasteiger partial charge in [0.2, 0.25) is 5.91 Å². The summed E-state index contributed by atoms with van der Waals surface area (Å²) in [6.07, 6.45) is 0. The molecule has 1 aliphatic rings. The second-order valence-corrected chi connectivity index (χ2v) is 4.60. The smallest absolute Gasteiger partial charge is 0.328 e. The first kappa shape index (κ1) is 11.9. The van der Waals surface area contributed by atoms with Crippen molar-refractivity contribution in [3.63, 3.8) is 0 Å². The molecule has 0 fully saturated rings. The normalized spacial score (nSPS) is 14.5. The van der Waals surface area contributed by atoms with Gasteiger partial charge in [0.1, 0.15) is 0 Å². The molecular formula is C11H13N3O2S. The standard InChI is InChI=1S/C11H13N3O2S/c1-13-11(16)14-8-4-7(5-12)2-3-9(8)17-6-10(14)15/h2-4H,5-6,12H2,1H3,(H,13,16). The summed E-state index contributed by atoms with van der Waals surface area (Å²) in [5.41, 5.74) is 7.08. The molecule has 0 radical (unpaired) electrons. The van der Waals surface area contributed by atoms with Crippen LogP contribution in [-0.2, 0) is 11.3 Å². The summed E-state index contributed by atoms with van der Waals surface area (Å²) in [5.74, 6) is 0.0681. The molecular weight excluding hydrogens is 238 g/mol. The van der Waals surface area contributed by atoms with E-state index in [0.29, 0.717) is 12.2 Å². The number of nitrogens with one attached hydrogen (secondary N) is 1. The molecule has 6 heteroatoms. The first-order chi connectivity index (χ1) is 8.17. The molecule has 0 bridgehead atoms. The van der Waals surface area contributed by atoms with Crippen LogP contribution in [0.15, 0.2) is 23.1 Å². The topological polar surface area (TPSA) is 75.4 Å². The second kappa shape index (κ2) is 4.77. The Morgan fingerprint density at radius 3 is 3.00 bits per heavy atom. The summed E-state index contributed by atoms with van der Waals surface area (Å²) in [6.45, 7) is 0.383. The van der Waals surface area contributed by atoms with Crippen LogP contribution in [0.25, 0.3) is 0 Å². The Hall–Kier alpha value is -1.53. The Bertz CT molecular complexity index is 476. The first-order valence-corrected chi connectivity index (χ1v) is 6.16. The number of rotatable bonds is 1. The number of imide groups is 1. The molecule has 0 aromatic heterocycles. The molecule has 1 aliphatic heterocycles. The molecule has 0 atom stereocenters. The molecule has 17 heavy (non-hydrogen) atoms. The van der Waals surface area contributed by atoms with Crippen molar-refractivity contribution in [2.75, 3.05) is 17.7 Å². The maximum absolute atomic E-state index is 11.8. The highest BCUT2D eigenvalue weighted by Gasteiger charge is 2.29. The van der Waals surface area contributed by atoms with Crippen LogP contribution in [0, 0.1) is 0 Å². The van der Waals surface area contributed by atoms with Crippen molar-refractivity contribution in [1.82, 2.24) is 5.32 Å². The Morgan fingerprint density at radius 2 is 2.35 bits per heavy atom. The third kappa shape index (κ3) is 2.13. The number of thioether (sulfide) groups is 1. The van der Waals surface area contributed by atoms with E-state index in [-0.39, 0.29) is 11.7 Å². The number of benzene rings is 1. The molecule has 90 valence electrons. The number of nitrogens with zero attached hydrogens (tertiary/aromatic N) is 1. The maximum atomic E-state index is 11.8. The van der Waals surface area contributed by atoms with Crippen LogP contribution in [0.1, 0.15) is 5.56 Å². The van der Waals surface area contributed by atoms with Gasteiger partial charge in [0.05, 0.1) is 11.4 Å². The fourth-order valence-electron chi connectivity index (χ4n) is 1.66. The SMILES string of the molecule is CNC(=O)N1C(=O)CSc2ccc(CN)cc21. The molecule has 0 aliphatic carbocycles. The van der Waals surface area contributed by atoms with E-state index in [1.54, 1.807) is 6.07 Å². The second-order valence-electron chi connectivity index (χ2n) is 3.58. The van der Waals surface area contributed by atoms with Gasteiger partial charge in [-0.05, 0) is 17.7 Å². The number of urea groups is 1. The number of amides is 3. The van der Waals surface area contributed by atoms with Crippen molar-refractivity contribution in [3.8, 4) is 0 Å². The van der Waals surface area contributed by atoms with Crippen LogP contribution in [0.3, 0.4) is 0 Å². The van der Waals surface area contributed by atoms with E-state index in [1.165, 1.54) is 23.7 Å². The lowest BCUT2D eigenvalue weighted by Gasteiger charge is -2.27. The zero-order valence-corrected chi connectivity index (χ0v) is 10.2. The lowest BCUT2D eigenvalue weighted by molar-refractivity contribution is -0.115. The number of fused-ring (bicyclic) bond motifs is 1. The monoisotopic (exact) mass is 251 g/mol. The summed E-state index contributed by atoms with van der Waals surface area (Å²) in [5, 5.41) is 2.47. The van der Waals surface area contributed by atoms with Crippen molar-refractivity contribution in [1.29, 1.82) is 0 Å². The zero-order valence-electron chi connectivity index (χ0n) is 9.40. The molecule has 1 aromatic carbocycles. The quantitative estimate of drug-likeness (QED) is 0.778. The van der Waals surface area contributed by atoms with Gasteiger partial charge < -0.3 is 11.1 Å². The molecule has 1 heterocycles. The summed E-state index contributed by atoms with van der Waals surface area (Å²) in [7, 11) is 1.50. The largest absolute Gasteiger partial charge is 0.340 e. The fraction of sp³-hybridized carbons (Fsp3) is 0.273. The van der Waals surface area contributed by atoms with E-state index in [4.69, 9.17) is 5.73 Å². The molecule has 0 saturated carbocycles. The molecule has 3 N–H and O–H groups in total. The van der Waals surface area contributed by atoms with Gasteiger partial charge in [-0.1, -0.05) is 6.07 Å². The van der Waals surface area contributed by atoms with Gasteiger partial charge in [0, 0.05) is 18.5 Å². The molecule has 0 saturated heterocycles. The van der Waals surface area contributed by atoms with E-state index in [9.17, 15) is 9.59 Å². The van der Waals surface area contributed by atoms with Gasteiger partial charge in [-0.15, -0.1) is 11.8 Å². The van der Waals surface area contributed by atoms with Crippen molar-refractivity contribution in [2.45, 2.75) is 11.4 Å². The number of carbonyl (C=O) groups excluding carboxylic acids is 2. The van der Waals surface area contributed by atoms with Gasteiger partial charge in [0.15, 0.2) is 0 Å². The highest BCUT2D eigenvalue weighted by atomic mass is 32.2. The van der Waals surface area contributed by atoms with Gasteiger partial charge in [0.25, 0.3) is 0 Å². The third-order valence-corrected chi connectivity index (χ3v) is 3.56. The van der Waals surface area contributed by atoms with Crippen LogP contribution in [0.5, 0.6) is 0 Å². The van der Waals surface area contributed by atoms with Gasteiger partial charge in [-0.3, -0.25) is 4.79 Å². The molecule has 0 spiro atoms. The Labute approximate surface area is 103 Å². The summed E-state index contributed by atoms with van der Waals surface area (Å²) >= 11 is 1.44. The predicted octanol–water partition coefficient (Wildman–Crippen LogP) is 0.923. The zero-order chi connectivity index (χ0) is 12.4. The van der Waals surface area contributed by atoms with Crippen LogP contribution in [0.4, 0.5) is 10.5 Å².